The number of carboxylic acid groups (broad SMARTS) is 1. The standard InChI is InChI=1S/C33H34FN3O4/c1-3-36(4-2)25-15-11-22(12-16-25)33-32-27(19-23(20-29(32)38)21-9-13-24(34)14-10-21)35-26-7-5-6-8-28(26)37(33)30(39)17-18-31(40)41/h5-16,23,32-33H,3-4,17-20H2,1-2H3,(H,40,41)/p-1. The average Bonchev–Trinajstić information content (AvgIpc) is 3.12. The van der Waals surface area contributed by atoms with Crippen LogP contribution in [0.4, 0.5) is 21.5 Å². The SMILES string of the molecule is CCN(CC)c1ccc(C2C3C(=O)CC(c4ccc(F)cc4)CC3=Nc3ccccc3N2C(=O)CCC(=O)[O-])cc1. The van der Waals surface area contributed by atoms with Crippen molar-refractivity contribution in [2.75, 3.05) is 22.9 Å². The van der Waals surface area contributed by atoms with E-state index in [1.165, 1.54) is 12.1 Å². The number of carboxylic acids is 1. The van der Waals surface area contributed by atoms with Gasteiger partial charge >= 0.3 is 0 Å². The fourth-order valence-electron chi connectivity index (χ4n) is 6.10. The number of amides is 1. The van der Waals surface area contributed by atoms with E-state index in [9.17, 15) is 23.9 Å². The summed E-state index contributed by atoms with van der Waals surface area (Å²) >= 11 is 0. The number of Topliss-reactive ketones (excluding diaryl/α,β-unsaturated/α-hetero) is 1. The summed E-state index contributed by atoms with van der Waals surface area (Å²) in [5.74, 6) is -3.01. The Balaban J connectivity index is 1.63. The second kappa shape index (κ2) is 12.0. The monoisotopic (exact) mass is 554 g/mol. The minimum atomic E-state index is -1.31. The lowest BCUT2D eigenvalue weighted by Crippen LogP contribution is -2.45. The van der Waals surface area contributed by atoms with Crippen molar-refractivity contribution in [3.8, 4) is 0 Å². The largest absolute Gasteiger partial charge is 0.550 e. The molecule has 1 heterocycles. The molecule has 8 heteroatoms. The number of aliphatic carboxylic acids is 1. The van der Waals surface area contributed by atoms with Gasteiger partial charge in [-0.1, -0.05) is 36.4 Å². The van der Waals surface area contributed by atoms with Crippen LogP contribution in [0.1, 0.15) is 62.6 Å². The molecule has 1 amide bonds. The maximum Gasteiger partial charge on any atom is 0.228 e. The molecule has 0 N–H and O–H groups in total. The van der Waals surface area contributed by atoms with Gasteiger partial charge in [0.15, 0.2) is 0 Å². The lowest BCUT2D eigenvalue weighted by molar-refractivity contribution is -0.305. The smallest absolute Gasteiger partial charge is 0.228 e. The lowest BCUT2D eigenvalue weighted by atomic mass is 9.72. The van der Waals surface area contributed by atoms with Crippen molar-refractivity contribution in [3.63, 3.8) is 0 Å². The van der Waals surface area contributed by atoms with Crippen LogP contribution in [0.2, 0.25) is 0 Å². The molecule has 41 heavy (non-hydrogen) atoms. The minimum absolute atomic E-state index is 0.0624. The van der Waals surface area contributed by atoms with Crippen molar-refractivity contribution in [3.05, 3.63) is 89.7 Å². The molecule has 1 aliphatic heterocycles. The van der Waals surface area contributed by atoms with Crippen molar-refractivity contribution in [1.29, 1.82) is 0 Å². The number of halogens is 1. The highest BCUT2D eigenvalue weighted by Gasteiger charge is 2.46. The molecule has 3 atom stereocenters. The Morgan fingerprint density at radius 1 is 0.927 bits per heavy atom. The summed E-state index contributed by atoms with van der Waals surface area (Å²) in [7, 11) is 0. The quantitative estimate of drug-likeness (QED) is 0.385. The molecular formula is C33H33FN3O4-. The zero-order chi connectivity index (χ0) is 29.1. The van der Waals surface area contributed by atoms with E-state index in [1.54, 1.807) is 35.2 Å². The highest BCUT2D eigenvalue weighted by Crippen LogP contribution is 2.47. The van der Waals surface area contributed by atoms with Crippen molar-refractivity contribution in [2.24, 2.45) is 10.9 Å². The molecule has 3 aromatic carbocycles. The molecule has 0 bridgehead atoms. The Kier molecular flexibility index (Phi) is 8.28. The molecule has 3 aromatic rings. The average molecular weight is 555 g/mol. The highest BCUT2D eigenvalue weighted by molar-refractivity contribution is 6.13. The second-order valence-corrected chi connectivity index (χ2v) is 10.5. The van der Waals surface area contributed by atoms with Gasteiger partial charge in [-0.25, -0.2) is 4.39 Å². The molecule has 0 radical (unpaired) electrons. The number of aliphatic imine (C=N–C) groups is 1. The third-order valence-electron chi connectivity index (χ3n) is 8.12. The fraction of sp³-hybridized carbons (Fsp3) is 0.333. The van der Waals surface area contributed by atoms with Gasteiger partial charge in [-0.15, -0.1) is 0 Å². The van der Waals surface area contributed by atoms with Crippen LogP contribution >= 0.6 is 0 Å². The highest BCUT2D eigenvalue weighted by atomic mass is 19.1. The number of hydrogen-bond acceptors (Lipinski definition) is 6. The van der Waals surface area contributed by atoms with Crippen LogP contribution in [0, 0.1) is 11.7 Å². The molecule has 1 fully saturated rings. The number of carbonyl (C=O) groups is 3. The summed E-state index contributed by atoms with van der Waals surface area (Å²) in [6.07, 6.45) is 0.00941. The first-order chi connectivity index (χ1) is 19.8. The summed E-state index contributed by atoms with van der Waals surface area (Å²) in [5, 5.41) is 11.3. The zero-order valence-corrected chi connectivity index (χ0v) is 23.3. The fourth-order valence-corrected chi connectivity index (χ4v) is 6.10. The number of fused-ring (bicyclic) bond motifs is 2. The van der Waals surface area contributed by atoms with Gasteiger partial charge in [-0.05, 0) is 80.1 Å². The molecule has 7 nitrogen and oxygen atoms in total. The van der Waals surface area contributed by atoms with Gasteiger partial charge in [0.05, 0.1) is 23.3 Å². The van der Waals surface area contributed by atoms with Gasteiger partial charge in [0.1, 0.15) is 11.6 Å². The topological polar surface area (TPSA) is 93.1 Å². The van der Waals surface area contributed by atoms with Gasteiger partial charge < -0.3 is 19.7 Å². The van der Waals surface area contributed by atoms with E-state index in [1.807, 2.05) is 30.3 Å². The molecular weight excluding hydrogens is 521 g/mol. The molecule has 0 saturated heterocycles. The van der Waals surface area contributed by atoms with E-state index in [0.717, 1.165) is 29.9 Å². The number of carbonyl (C=O) groups excluding carboxylic acids is 3. The second-order valence-electron chi connectivity index (χ2n) is 10.5. The maximum absolute atomic E-state index is 14.1. The van der Waals surface area contributed by atoms with Crippen molar-refractivity contribution in [2.45, 2.75) is 51.5 Å². The summed E-state index contributed by atoms with van der Waals surface area (Å²) < 4.78 is 13.6. The molecule has 0 spiro atoms. The predicted molar refractivity (Wildman–Crippen MR) is 155 cm³/mol. The van der Waals surface area contributed by atoms with Crippen LogP contribution in [-0.4, -0.2) is 36.5 Å². The maximum atomic E-state index is 14.1. The molecule has 1 aliphatic carbocycles. The summed E-state index contributed by atoms with van der Waals surface area (Å²) in [6, 6.07) is 20.6. The third kappa shape index (κ3) is 5.78. The summed E-state index contributed by atoms with van der Waals surface area (Å²) in [6.45, 7) is 5.84. The van der Waals surface area contributed by atoms with Crippen LogP contribution in [-0.2, 0) is 14.4 Å². The number of anilines is 2. The van der Waals surface area contributed by atoms with E-state index in [2.05, 4.69) is 18.7 Å². The van der Waals surface area contributed by atoms with E-state index in [4.69, 9.17) is 4.99 Å². The molecule has 0 aromatic heterocycles. The summed E-state index contributed by atoms with van der Waals surface area (Å²) in [5.41, 5.74) is 4.40. The van der Waals surface area contributed by atoms with Crippen LogP contribution in [0.15, 0.2) is 77.8 Å². The van der Waals surface area contributed by atoms with E-state index in [-0.39, 0.29) is 30.4 Å². The molecule has 5 rings (SSSR count). The number of rotatable bonds is 8. The Bertz CT molecular complexity index is 1460. The van der Waals surface area contributed by atoms with E-state index in [0.29, 0.717) is 23.5 Å². The summed E-state index contributed by atoms with van der Waals surface area (Å²) in [4.78, 5) is 47.9. The normalized spacial score (nSPS) is 20.0. The van der Waals surface area contributed by atoms with Crippen LogP contribution < -0.4 is 14.9 Å². The number of para-hydroxylation sites is 2. The van der Waals surface area contributed by atoms with Crippen LogP contribution in [0.5, 0.6) is 0 Å². The lowest BCUT2D eigenvalue weighted by Gasteiger charge is -2.39. The molecule has 2 aliphatic rings. The Morgan fingerprint density at radius 3 is 2.24 bits per heavy atom. The first-order valence-corrected chi connectivity index (χ1v) is 14.1. The molecule has 1 saturated carbocycles. The van der Waals surface area contributed by atoms with Crippen LogP contribution in [0.25, 0.3) is 0 Å². The number of nitrogens with zero attached hydrogens (tertiary/aromatic N) is 3. The predicted octanol–water partition coefficient (Wildman–Crippen LogP) is 5.13. The van der Waals surface area contributed by atoms with Gasteiger partial charge in [0.2, 0.25) is 5.91 Å². The van der Waals surface area contributed by atoms with E-state index < -0.39 is 30.3 Å². The Morgan fingerprint density at radius 2 is 1.59 bits per heavy atom. The van der Waals surface area contributed by atoms with Crippen LogP contribution in [0.3, 0.4) is 0 Å². The first-order valence-electron chi connectivity index (χ1n) is 14.1. The zero-order valence-electron chi connectivity index (χ0n) is 23.3. The van der Waals surface area contributed by atoms with Gasteiger partial charge in [0, 0.05) is 43.3 Å². The number of hydrogen-bond donors (Lipinski definition) is 0. The number of benzene rings is 3. The van der Waals surface area contributed by atoms with Gasteiger partial charge in [-0.2, -0.15) is 0 Å². The van der Waals surface area contributed by atoms with Crippen molar-refractivity contribution >= 4 is 40.4 Å². The molecule has 3 unspecified atom stereocenters. The minimum Gasteiger partial charge on any atom is -0.550 e. The van der Waals surface area contributed by atoms with Crippen molar-refractivity contribution < 1.29 is 23.9 Å². The first kappa shape index (κ1) is 28.2. The Hall–Kier alpha value is -4.33. The molecule has 212 valence electrons. The van der Waals surface area contributed by atoms with Gasteiger partial charge in [-0.3, -0.25) is 14.6 Å². The van der Waals surface area contributed by atoms with Gasteiger partial charge in [0.25, 0.3) is 0 Å². The third-order valence-corrected chi connectivity index (χ3v) is 8.12. The number of ketones is 1. The van der Waals surface area contributed by atoms with Crippen molar-refractivity contribution in [1.82, 2.24) is 0 Å². The Labute approximate surface area is 239 Å². The van der Waals surface area contributed by atoms with E-state index >= 15 is 0 Å².